The summed E-state index contributed by atoms with van der Waals surface area (Å²) in [6.07, 6.45) is 7.92. The highest BCUT2D eigenvalue weighted by molar-refractivity contribution is 6.04. The Kier molecular flexibility index (Phi) is 5.38. The third-order valence-electron chi connectivity index (χ3n) is 5.63. The molecule has 1 saturated carbocycles. The van der Waals surface area contributed by atoms with Crippen LogP contribution in [-0.2, 0) is 11.3 Å². The number of aromatic nitrogens is 3. The fourth-order valence-electron chi connectivity index (χ4n) is 3.75. The Labute approximate surface area is 179 Å². The summed E-state index contributed by atoms with van der Waals surface area (Å²) in [6.45, 7) is 3.71. The zero-order valence-corrected chi connectivity index (χ0v) is 17.1. The minimum absolute atomic E-state index is 0.261. The van der Waals surface area contributed by atoms with Crippen LogP contribution in [0.15, 0.2) is 48.9 Å². The van der Waals surface area contributed by atoms with Crippen molar-refractivity contribution in [2.45, 2.75) is 19.4 Å². The van der Waals surface area contributed by atoms with Crippen molar-refractivity contribution in [2.75, 3.05) is 36.5 Å². The zero-order chi connectivity index (χ0) is 21.2. The Balaban J connectivity index is 1.39. The predicted molar refractivity (Wildman–Crippen MR) is 116 cm³/mol. The maximum absolute atomic E-state index is 13.5. The number of ether oxygens (including phenoxy) is 1. The van der Waals surface area contributed by atoms with Gasteiger partial charge in [0, 0.05) is 55.0 Å². The number of rotatable bonds is 6. The Morgan fingerprint density at radius 1 is 1.13 bits per heavy atom. The summed E-state index contributed by atoms with van der Waals surface area (Å²) in [5, 5.41) is 2.80. The number of morpholine rings is 1. The summed E-state index contributed by atoms with van der Waals surface area (Å²) in [5.41, 5.74) is 2.72. The lowest BCUT2D eigenvalue weighted by Gasteiger charge is -2.26. The monoisotopic (exact) mass is 421 g/mol. The normalized spacial score (nSPS) is 16.4. The van der Waals surface area contributed by atoms with E-state index in [9.17, 15) is 9.18 Å². The first-order valence-corrected chi connectivity index (χ1v) is 10.6. The highest BCUT2D eigenvalue weighted by Gasteiger charge is 2.25. The van der Waals surface area contributed by atoms with Gasteiger partial charge in [0.1, 0.15) is 11.5 Å². The van der Waals surface area contributed by atoms with Crippen LogP contribution in [0.2, 0.25) is 0 Å². The van der Waals surface area contributed by atoms with Crippen molar-refractivity contribution in [3.63, 3.8) is 0 Å². The van der Waals surface area contributed by atoms with E-state index in [0.717, 1.165) is 30.8 Å². The number of amides is 1. The quantitative estimate of drug-likeness (QED) is 0.659. The summed E-state index contributed by atoms with van der Waals surface area (Å²) < 4.78 is 20.9. The summed E-state index contributed by atoms with van der Waals surface area (Å²) >= 11 is 0. The average molecular weight is 421 g/mol. The molecule has 1 aliphatic carbocycles. The molecule has 2 aromatic heterocycles. The first-order valence-electron chi connectivity index (χ1n) is 10.6. The van der Waals surface area contributed by atoms with Crippen LogP contribution in [-0.4, -0.2) is 46.7 Å². The maximum Gasteiger partial charge on any atom is 0.272 e. The summed E-state index contributed by atoms with van der Waals surface area (Å²) in [4.78, 5) is 24.1. The van der Waals surface area contributed by atoms with Crippen LogP contribution >= 0.6 is 0 Å². The molecular formula is C23H24FN5O2. The largest absolute Gasteiger partial charge is 0.378 e. The second-order valence-corrected chi connectivity index (χ2v) is 8.05. The number of hydrogen-bond acceptors (Lipinski definition) is 5. The average Bonchev–Trinajstić information content (AvgIpc) is 3.51. The molecule has 1 saturated heterocycles. The smallest absolute Gasteiger partial charge is 0.272 e. The molecule has 31 heavy (non-hydrogen) atoms. The fourth-order valence-corrected chi connectivity index (χ4v) is 3.75. The van der Waals surface area contributed by atoms with E-state index in [1.165, 1.54) is 25.0 Å². The molecule has 1 aliphatic heterocycles. The third-order valence-corrected chi connectivity index (χ3v) is 5.63. The van der Waals surface area contributed by atoms with Gasteiger partial charge in [0.05, 0.1) is 13.2 Å². The molecular weight excluding hydrogens is 397 g/mol. The molecule has 7 nitrogen and oxygen atoms in total. The first kappa shape index (κ1) is 19.7. The van der Waals surface area contributed by atoms with Gasteiger partial charge in [-0.3, -0.25) is 4.79 Å². The second kappa shape index (κ2) is 8.47. The lowest BCUT2D eigenvalue weighted by atomic mass is 10.2. The summed E-state index contributed by atoms with van der Waals surface area (Å²) in [6, 6.07) is 7.76. The minimum atomic E-state index is -0.385. The lowest BCUT2D eigenvalue weighted by Crippen LogP contribution is -2.37. The Morgan fingerprint density at radius 3 is 2.61 bits per heavy atom. The Morgan fingerprint density at radius 2 is 1.90 bits per heavy atom. The van der Waals surface area contributed by atoms with Crippen molar-refractivity contribution in [1.82, 2.24) is 14.5 Å². The van der Waals surface area contributed by atoms with E-state index < -0.39 is 0 Å². The van der Waals surface area contributed by atoms with E-state index in [1.807, 2.05) is 16.8 Å². The van der Waals surface area contributed by atoms with Crippen LogP contribution in [0.25, 0.3) is 11.1 Å². The number of nitrogens with zero attached hydrogens (tertiary/aromatic N) is 4. The molecule has 3 heterocycles. The van der Waals surface area contributed by atoms with Gasteiger partial charge in [0.25, 0.3) is 5.91 Å². The van der Waals surface area contributed by atoms with Crippen molar-refractivity contribution in [2.24, 2.45) is 5.92 Å². The molecule has 8 heteroatoms. The van der Waals surface area contributed by atoms with E-state index in [4.69, 9.17) is 4.74 Å². The molecule has 5 rings (SSSR count). The van der Waals surface area contributed by atoms with Gasteiger partial charge in [-0.25, -0.2) is 14.4 Å². The van der Waals surface area contributed by atoms with Crippen LogP contribution < -0.4 is 10.2 Å². The van der Waals surface area contributed by atoms with Gasteiger partial charge in [0.2, 0.25) is 5.95 Å². The molecule has 1 amide bonds. The SMILES string of the molecule is O=C(Nc1cccc(F)c1)c1cc(-c2cnc(N3CCOCC3)nc2)cn1CC1CC1. The van der Waals surface area contributed by atoms with E-state index in [0.29, 0.717) is 36.5 Å². The number of halogens is 1. The molecule has 1 N–H and O–H groups in total. The number of benzene rings is 1. The van der Waals surface area contributed by atoms with Gasteiger partial charge in [-0.05, 0) is 43.0 Å². The molecule has 160 valence electrons. The first-order chi connectivity index (χ1) is 15.2. The predicted octanol–water partition coefficient (Wildman–Crippen LogP) is 3.58. The van der Waals surface area contributed by atoms with E-state index in [2.05, 4.69) is 20.2 Å². The van der Waals surface area contributed by atoms with Crippen molar-refractivity contribution in [1.29, 1.82) is 0 Å². The van der Waals surface area contributed by atoms with E-state index in [-0.39, 0.29) is 11.7 Å². The fraction of sp³-hybridized carbons (Fsp3) is 0.348. The lowest BCUT2D eigenvalue weighted by molar-refractivity contribution is 0.101. The Hall–Kier alpha value is -3.26. The molecule has 0 radical (unpaired) electrons. The molecule has 0 spiro atoms. The molecule has 0 bridgehead atoms. The van der Waals surface area contributed by atoms with Gasteiger partial charge in [-0.2, -0.15) is 0 Å². The highest BCUT2D eigenvalue weighted by atomic mass is 19.1. The topological polar surface area (TPSA) is 72.3 Å². The molecule has 2 fully saturated rings. The molecule has 0 atom stereocenters. The Bertz CT molecular complexity index is 1070. The standard InChI is InChI=1S/C23H24FN5O2/c24-19-2-1-3-20(11-19)27-22(30)21-10-17(15-29(21)14-16-4-5-16)18-12-25-23(26-13-18)28-6-8-31-9-7-28/h1-3,10-13,15-16H,4-9,14H2,(H,27,30). The molecule has 2 aliphatic rings. The van der Waals surface area contributed by atoms with Crippen LogP contribution in [0, 0.1) is 11.7 Å². The van der Waals surface area contributed by atoms with Crippen molar-refractivity contribution < 1.29 is 13.9 Å². The highest BCUT2D eigenvalue weighted by Crippen LogP contribution is 2.33. The number of anilines is 2. The third kappa shape index (κ3) is 4.59. The van der Waals surface area contributed by atoms with Gasteiger partial charge in [-0.1, -0.05) is 6.07 Å². The van der Waals surface area contributed by atoms with Gasteiger partial charge >= 0.3 is 0 Å². The minimum Gasteiger partial charge on any atom is -0.378 e. The van der Waals surface area contributed by atoms with Crippen LogP contribution in [0.5, 0.6) is 0 Å². The van der Waals surface area contributed by atoms with Gasteiger partial charge in [-0.15, -0.1) is 0 Å². The van der Waals surface area contributed by atoms with E-state index >= 15 is 0 Å². The van der Waals surface area contributed by atoms with Crippen molar-refractivity contribution in [3.05, 3.63) is 60.4 Å². The number of carbonyl (C=O) groups excluding carboxylic acids is 1. The number of hydrogen-bond donors (Lipinski definition) is 1. The van der Waals surface area contributed by atoms with Crippen LogP contribution in [0.4, 0.5) is 16.0 Å². The number of nitrogens with one attached hydrogen (secondary N) is 1. The summed E-state index contributed by atoms with van der Waals surface area (Å²) in [7, 11) is 0. The van der Waals surface area contributed by atoms with Gasteiger partial charge in [0.15, 0.2) is 0 Å². The number of carbonyl (C=O) groups is 1. The van der Waals surface area contributed by atoms with Gasteiger partial charge < -0.3 is 19.5 Å². The molecule has 1 aromatic carbocycles. The van der Waals surface area contributed by atoms with Crippen molar-refractivity contribution in [3.8, 4) is 11.1 Å². The molecule has 0 unspecified atom stereocenters. The van der Waals surface area contributed by atoms with Crippen molar-refractivity contribution >= 4 is 17.5 Å². The maximum atomic E-state index is 13.5. The summed E-state index contributed by atoms with van der Waals surface area (Å²) in [5.74, 6) is 0.641. The second-order valence-electron chi connectivity index (χ2n) is 8.05. The van der Waals surface area contributed by atoms with E-state index in [1.54, 1.807) is 24.5 Å². The molecule has 3 aromatic rings. The van der Waals surface area contributed by atoms with Crippen LogP contribution in [0.1, 0.15) is 23.3 Å². The zero-order valence-electron chi connectivity index (χ0n) is 17.1. The van der Waals surface area contributed by atoms with Crippen LogP contribution in [0.3, 0.4) is 0 Å².